The molecule has 0 atom stereocenters. The summed E-state index contributed by atoms with van der Waals surface area (Å²) in [5.74, 6) is -0.224. The van der Waals surface area contributed by atoms with Crippen LogP contribution in [0, 0.1) is 0 Å². The largest absolute Gasteiger partial charge is 0.335 e. The van der Waals surface area contributed by atoms with E-state index in [0.717, 1.165) is 43.7 Å². The van der Waals surface area contributed by atoms with Crippen LogP contribution >= 0.6 is 22.7 Å². The number of imide groups is 1. The highest BCUT2D eigenvalue weighted by Crippen LogP contribution is 2.17. The fraction of sp³-hybridized carbons (Fsp3) is 0.444. The molecule has 1 aliphatic carbocycles. The molecule has 0 saturated heterocycles. The molecule has 5 nitrogen and oxygen atoms in total. The number of nitrogens with one attached hydrogen (secondary N) is 3. The van der Waals surface area contributed by atoms with Gasteiger partial charge >= 0.3 is 6.03 Å². The number of rotatable bonds is 7. The van der Waals surface area contributed by atoms with E-state index in [1.54, 1.807) is 22.7 Å². The molecular formula is C18H24N3O2S2+. The second kappa shape index (κ2) is 9.12. The highest BCUT2D eigenvalue weighted by atomic mass is 32.1. The van der Waals surface area contributed by atoms with E-state index in [0.29, 0.717) is 0 Å². The minimum absolute atomic E-state index is 0.216. The average Bonchev–Trinajstić information content (AvgIpc) is 3.29. The summed E-state index contributed by atoms with van der Waals surface area (Å²) in [5, 5.41) is 9.49. The first-order valence-corrected chi connectivity index (χ1v) is 10.4. The van der Waals surface area contributed by atoms with Gasteiger partial charge in [0.05, 0.1) is 9.75 Å². The van der Waals surface area contributed by atoms with Crippen LogP contribution in [0.2, 0.25) is 0 Å². The van der Waals surface area contributed by atoms with Crippen molar-refractivity contribution in [2.24, 2.45) is 0 Å². The lowest BCUT2D eigenvalue weighted by Gasteiger charge is -2.18. The maximum absolute atomic E-state index is 12.3. The van der Waals surface area contributed by atoms with Crippen molar-refractivity contribution < 1.29 is 14.5 Å². The summed E-state index contributed by atoms with van der Waals surface area (Å²) >= 11 is 3.40. The van der Waals surface area contributed by atoms with Gasteiger partial charge in [0.15, 0.2) is 6.54 Å². The molecule has 0 aliphatic heterocycles. The van der Waals surface area contributed by atoms with Crippen LogP contribution in [0.3, 0.4) is 0 Å². The van der Waals surface area contributed by atoms with Gasteiger partial charge in [-0.3, -0.25) is 10.1 Å². The summed E-state index contributed by atoms with van der Waals surface area (Å²) in [6.45, 7) is 1.86. The van der Waals surface area contributed by atoms with Crippen molar-refractivity contribution in [3.63, 3.8) is 0 Å². The lowest BCUT2D eigenvalue weighted by Crippen LogP contribution is -3.10. The zero-order valence-corrected chi connectivity index (χ0v) is 15.8. The highest BCUT2D eigenvalue weighted by Gasteiger charge is 2.21. The minimum Gasteiger partial charge on any atom is -0.335 e. The third-order valence-electron chi connectivity index (χ3n) is 4.36. The van der Waals surface area contributed by atoms with Crippen molar-refractivity contribution in [2.45, 2.75) is 44.8 Å². The monoisotopic (exact) mass is 378 g/mol. The van der Waals surface area contributed by atoms with E-state index in [2.05, 4.69) is 22.8 Å². The smallest absolute Gasteiger partial charge is 0.321 e. The van der Waals surface area contributed by atoms with Crippen molar-refractivity contribution in [1.82, 2.24) is 10.6 Å². The van der Waals surface area contributed by atoms with Crippen molar-refractivity contribution in [2.75, 3.05) is 6.54 Å². The van der Waals surface area contributed by atoms with Gasteiger partial charge in [-0.1, -0.05) is 25.0 Å². The zero-order chi connectivity index (χ0) is 17.5. The van der Waals surface area contributed by atoms with E-state index >= 15 is 0 Å². The molecule has 1 aliphatic rings. The summed E-state index contributed by atoms with van der Waals surface area (Å²) in [6, 6.07) is 8.08. The third kappa shape index (κ3) is 5.95. The van der Waals surface area contributed by atoms with Crippen LogP contribution in [0.15, 0.2) is 35.0 Å². The molecule has 1 fully saturated rings. The lowest BCUT2D eigenvalue weighted by atomic mass is 10.2. The van der Waals surface area contributed by atoms with Gasteiger partial charge in [-0.25, -0.2) is 4.79 Å². The van der Waals surface area contributed by atoms with Crippen molar-refractivity contribution in [3.05, 3.63) is 44.8 Å². The number of carbonyl (C=O) groups excluding carboxylic acids is 2. The molecule has 0 unspecified atom stereocenters. The van der Waals surface area contributed by atoms with Crippen molar-refractivity contribution >= 4 is 34.6 Å². The van der Waals surface area contributed by atoms with Crippen LogP contribution in [0.4, 0.5) is 4.79 Å². The van der Waals surface area contributed by atoms with Crippen LogP contribution in [0.25, 0.3) is 0 Å². The van der Waals surface area contributed by atoms with E-state index in [9.17, 15) is 9.59 Å². The number of urea groups is 1. The molecule has 2 heterocycles. The maximum Gasteiger partial charge on any atom is 0.321 e. The fourth-order valence-corrected chi connectivity index (χ4v) is 4.75. The standard InChI is InChI=1S/C18H23N3O2S2/c22-17(20-18(23)19-14-5-1-2-6-14)13-21(11-15-7-3-9-24-15)12-16-8-4-10-25-16/h3-4,7-10,14H,1-2,5-6,11-13H2,(H2,19,20,22,23)/p+1. The van der Waals surface area contributed by atoms with Crippen molar-refractivity contribution in [3.8, 4) is 0 Å². The number of amides is 3. The van der Waals surface area contributed by atoms with Gasteiger partial charge in [-0.2, -0.15) is 0 Å². The molecule has 0 radical (unpaired) electrons. The molecule has 134 valence electrons. The van der Waals surface area contributed by atoms with E-state index in [1.807, 2.05) is 22.9 Å². The maximum atomic E-state index is 12.3. The van der Waals surface area contributed by atoms with Crippen LogP contribution in [-0.2, 0) is 17.9 Å². The van der Waals surface area contributed by atoms with Gasteiger partial charge in [0, 0.05) is 6.04 Å². The summed E-state index contributed by atoms with van der Waals surface area (Å²) in [7, 11) is 0. The molecular weight excluding hydrogens is 354 g/mol. The minimum atomic E-state index is -0.358. The Morgan fingerprint density at radius 1 is 1.04 bits per heavy atom. The van der Waals surface area contributed by atoms with Crippen LogP contribution in [0.1, 0.15) is 35.4 Å². The summed E-state index contributed by atoms with van der Waals surface area (Å²) < 4.78 is 0. The van der Waals surface area contributed by atoms with Gasteiger partial charge in [0.1, 0.15) is 13.1 Å². The number of carbonyl (C=O) groups is 2. The van der Waals surface area contributed by atoms with E-state index < -0.39 is 0 Å². The molecule has 2 aromatic rings. The topological polar surface area (TPSA) is 62.6 Å². The number of hydrogen-bond donors (Lipinski definition) is 3. The molecule has 3 rings (SSSR count). The predicted octanol–water partition coefficient (Wildman–Crippen LogP) is 2.16. The molecule has 0 bridgehead atoms. The Labute approximate surface area is 156 Å². The normalized spacial score (nSPS) is 14.8. The van der Waals surface area contributed by atoms with Gasteiger partial charge in [-0.15, -0.1) is 22.7 Å². The Hall–Kier alpha value is -1.70. The summed E-state index contributed by atoms with van der Waals surface area (Å²) in [5.41, 5.74) is 0. The highest BCUT2D eigenvalue weighted by molar-refractivity contribution is 7.10. The van der Waals surface area contributed by atoms with E-state index in [-0.39, 0.29) is 24.5 Å². The second-order valence-corrected chi connectivity index (χ2v) is 8.51. The first kappa shape index (κ1) is 18.1. The molecule has 1 saturated carbocycles. The summed E-state index contributed by atoms with van der Waals surface area (Å²) in [6.07, 6.45) is 4.32. The van der Waals surface area contributed by atoms with Crippen LogP contribution in [0.5, 0.6) is 0 Å². The van der Waals surface area contributed by atoms with Gasteiger partial charge in [-0.05, 0) is 35.7 Å². The van der Waals surface area contributed by atoms with E-state index in [1.165, 1.54) is 9.75 Å². The Balaban J connectivity index is 1.52. The van der Waals surface area contributed by atoms with E-state index in [4.69, 9.17) is 0 Å². The Bertz CT molecular complexity index is 628. The van der Waals surface area contributed by atoms with Crippen LogP contribution < -0.4 is 15.5 Å². The zero-order valence-electron chi connectivity index (χ0n) is 14.1. The number of thiophene rings is 2. The number of quaternary nitrogens is 1. The van der Waals surface area contributed by atoms with Gasteiger partial charge < -0.3 is 10.2 Å². The SMILES string of the molecule is O=C(C[NH+](Cc1cccs1)Cc1cccs1)NC(=O)NC1CCCC1. The molecule has 2 aromatic heterocycles. The number of hydrogen-bond acceptors (Lipinski definition) is 4. The average molecular weight is 379 g/mol. The molecule has 3 amide bonds. The van der Waals surface area contributed by atoms with Crippen LogP contribution in [-0.4, -0.2) is 24.5 Å². The fourth-order valence-electron chi connectivity index (χ4n) is 3.20. The van der Waals surface area contributed by atoms with Crippen molar-refractivity contribution in [1.29, 1.82) is 0 Å². The molecule has 25 heavy (non-hydrogen) atoms. The Morgan fingerprint density at radius 2 is 1.64 bits per heavy atom. The molecule has 3 N–H and O–H groups in total. The Kier molecular flexibility index (Phi) is 6.61. The quantitative estimate of drug-likeness (QED) is 0.691. The lowest BCUT2D eigenvalue weighted by molar-refractivity contribution is -0.919. The molecule has 0 aromatic carbocycles. The van der Waals surface area contributed by atoms with Gasteiger partial charge in [0.25, 0.3) is 5.91 Å². The molecule has 7 heteroatoms. The molecule has 0 spiro atoms. The Morgan fingerprint density at radius 3 is 2.16 bits per heavy atom. The first-order valence-electron chi connectivity index (χ1n) is 8.68. The summed E-state index contributed by atoms with van der Waals surface area (Å²) in [4.78, 5) is 27.9. The third-order valence-corrected chi connectivity index (χ3v) is 6.12. The van der Waals surface area contributed by atoms with Gasteiger partial charge in [0.2, 0.25) is 0 Å². The predicted molar refractivity (Wildman–Crippen MR) is 101 cm³/mol. The second-order valence-electron chi connectivity index (χ2n) is 6.44. The first-order chi connectivity index (χ1) is 12.2.